The van der Waals surface area contributed by atoms with Crippen molar-refractivity contribution in [3.63, 3.8) is 0 Å². The number of nitrogens with zero attached hydrogens (tertiary/aromatic N) is 1. The van der Waals surface area contributed by atoms with E-state index in [0.29, 0.717) is 0 Å². The van der Waals surface area contributed by atoms with Crippen LogP contribution in [0.5, 0.6) is 0 Å². The Hall–Kier alpha value is -2.09. The first kappa shape index (κ1) is 12.4. The van der Waals surface area contributed by atoms with Crippen LogP contribution in [0, 0.1) is 6.92 Å². The highest BCUT2D eigenvalue weighted by atomic mass is 14.7. The van der Waals surface area contributed by atoms with Crippen LogP contribution < -0.4 is 0 Å². The van der Waals surface area contributed by atoms with Crippen LogP contribution in [-0.4, -0.2) is 11.2 Å². The van der Waals surface area contributed by atoms with Crippen molar-refractivity contribution >= 4 is 11.8 Å². The zero-order chi connectivity index (χ0) is 13.0. The minimum Gasteiger partial charge on any atom is -0.367 e. The number of allylic oxidation sites excluding steroid dienone is 1. The molecule has 0 radical (unpaired) electrons. The molecule has 2 aromatic rings. The first-order valence-electron chi connectivity index (χ1n) is 6.31. The summed E-state index contributed by atoms with van der Waals surface area (Å²) in [5.74, 6) is 0. The predicted molar refractivity (Wildman–Crippen MR) is 78.8 cm³/mol. The zero-order valence-electron chi connectivity index (χ0n) is 11.1. The van der Waals surface area contributed by atoms with Crippen molar-refractivity contribution in [2.24, 2.45) is 4.99 Å². The minimum absolute atomic E-state index is 1.21. The number of H-pyrrole nitrogens is 1. The Morgan fingerprint density at radius 1 is 1.00 bits per heavy atom. The molecular formula is C16H18N2. The normalized spacial score (nSPS) is 12.3. The van der Waals surface area contributed by atoms with Gasteiger partial charge in [-0.05, 0) is 41.3 Å². The summed E-state index contributed by atoms with van der Waals surface area (Å²) in [6.45, 7) is 6.12. The molecule has 2 heteroatoms. The molecule has 3 rings (SSSR count). The summed E-state index contributed by atoms with van der Waals surface area (Å²) in [4.78, 5) is 7.09. The number of hydrogen-bond donors (Lipinski definition) is 1. The van der Waals surface area contributed by atoms with Crippen molar-refractivity contribution in [1.82, 2.24) is 4.98 Å². The van der Waals surface area contributed by atoms with Crippen LogP contribution >= 0.6 is 0 Å². The Bertz CT molecular complexity index is 575. The molecule has 1 N–H and O–H groups in total. The molecule has 1 aromatic heterocycles. The van der Waals surface area contributed by atoms with E-state index in [1.807, 2.05) is 38.7 Å². The van der Waals surface area contributed by atoms with Crippen LogP contribution in [-0.2, 0) is 0 Å². The number of nitrogens with one attached hydrogen (secondary N) is 1. The van der Waals surface area contributed by atoms with Crippen LogP contribution in [0.3, 0.4) is 0 Å². The van der Waals surface area contributed by atoms with Gasteiger partial charge in [0.2, 0.25) is 0 Å². The molecule has 92 valence electrons. The summed E-state index contributed by atoms with van der Waals surface area (Å²) in [7, 11) is 0. The summed E-state index contributed by atoms with van der Waals surface area (Å²) in [6.07, 6.45) is 7.76. The average molecular weight is 238 g/mol. The van der Waals surface area contributed by atoms with E-state index < -0.39 is 0 Å². The topological polar surface area (TPSA) is 28.1 Å². The highest BCUT2D eigenvalue weighted by Crippen LogP contribution is 2.26. The van der Waals surface area contributed by atoms with Crippen LogP contribution in [0.2, 0.25) is 0 Å². The van der Waals surface area contributed by atoms with Crippen molar-refractivity contribution in [2.45, 2.75) is 20.8 Å². The Labute approximate surface area is 108 Å². The summed E-state index contributed by atoms with van der Waals surface area (Å²) in [5.41, 5.74) is 6.20. The van der Waals surface area contributed by atoms with Gasteiger partial charge in [-0.3, -0.25) is 4.99 Å². The van der Waals surface area contributed by atoms with Crippen LogP contribution in [0.1, 0.15) is 25.0 Å². The van der Waals surface area contributed by atoms with Crippen molar-refractivity contribution in [3.05, 3.63) is 54.0 Å². The lowest BCUT2D eigenvalue weighted by Gasteiger charge is -2.10. The third-order valence-corrected chi connectivity index (χ3v) is 2.77. The van der Waals surface area contributed by atoms with Crippen LogP contribution in [0.15, 0.2) is 47.9 Å². The third kappa shape index (κ3) is 2.43. The number of aryl methyl sites for hydroxylation is 1. The van der Waals surface area contributed by atoms with Gasteiger partial charge in [0.15, 0.2) is 0 Å². The maximum absolute atomic E-state index is 4.00. The van der Waals surface area contributed by atoms with Gasteiger partial charge in [-0.1, -0.05) is 26.0 Å². The van der Waals surface area contributed by atoms with Crippen LogP contribution in [0.4, 0.5) is 0 Å². The van der Waals surface area contributed by atoms with Crippen molar-refractivity contribution < 1.29 is 0 Å². The Morgan fingerprint density at radius 3 is 2.28 bits per heavy atom. The van der Waals surface area contributed by atoms with Gasteiger partial charge >= 0.3 is 0 Å². The number of rotatable bonds is 2. The fraction of sp³-hybridized carbons (Fsp3) is 0.188. The fourth-order valence-electron chi connectivity index (χ4n) is 1.92. The molecule has 0 fully saturated rings. The lowest BCUT2D eigenvalue weighted by Crippen LogP contribution is -1.93. The van der Waals surface area contributed by atoms with Gasteiger partial charge < -0.3 is 4.98 Å². The van der Waals surface area contributed by atoms with Gasteiger partial charge in [0.25, 0.3) is 0 Å². The maximum atomic E-state index is 4.00. The SMILES string of the molecule is CC.Cc1cc(C2=CN=C2)cc(-c2cc[nH]c2)c1. The molecule has 0 atom stereocenters. The lowest BCUT2D eigenvalue weighted by molar-refractivity contribution is 1.40. The van der Waals surface area contributed by atoms with E-state index in [-0.39, 0.29) is 0 Å². The molecule has 0 bridgehead atoms. The van der Waals surface area contributed by atoms with Gasteiger partial charge in [-0.15, -0.1) is 0 Å². The highest BCUT2D eigenvalue weighted by Gasteiger charge is 2.07. The van der Waals surface area contributed by atoms with E-state index in [0.717, 1.165) is 0 Å². The summed E-state index contributed by atoms with van der Waals surface area (Å²) in [6, 6.07) is 8.67. The molecular weight excluding hydrogens is 220 g/mol. The van der Waals surface area contributed by atoms with E-state index in [2.05, 4.69) is 41.2 Å². The smallest absolute Gasteiger partial charge is 0.0362 e. The zero-order valence-corrected chi connectivity index (χ0v) is 11.1. The molecule has 0 spiro atoms. The first-order valence-corrected chi connectivity index (χ1v) is 6.31. The second kappa shape index (κ2) is 5.50. The van der Waals surface area contributed by atoms with E-state index in [1.54, 1.807) is 0 Å². The molecule has 2 heterocycles. The molecule has 0 saturated heterocycles. The van der Waals surface area contributed by atoms with Crippen LogP contribution in [0.25, 0.3) is 16.7 Å². The third-order valence-electron chi connectivity index (χ3n) is 2.77. The Morgan fingerprint density at radius 2 is 1.72 bits per heavy atom. The monoisotopic (exact) mass is 238 g/mol. The molecule has 1 aliphatic heterocycles. The molecule has 0 aliphatic carbocycles. The first-order chi connectivity index (χ1) is 8.83. The summed E-state index contributed by atoms with van der Waals surface area (Å²) in [5, 5.41) is 0. The maximum Gasteiger partial charge on any atom is 0.0362 e. The van der Waals surface area contributed by atoms with Gasteiger partial charge in [0, 0.05) is 30.4 Å². The molecule has 0 amide bonds. The van der Waals surface area contributed by atoms with Gasteiger partial charge in [-0.25, -0.2) is 0 Å². The average Bonchev–Trinajstić information content (AvgIpc) is 2.82. The second-order valence-electron chi connectivity index (χ2n) is 4.05. The van der Waals surface area contributed by atoms with E-state index in [4.69, 9.17) is 0 Å². The number of hydrogen-bond acceptors (Lipinski definition) is 1. The number of benzene rings is 1. The molecule has 1 aromatic carbocycles. The van der Waals surface area contributed by atoms with E-state index in [9.17, 15) is 0 Å². The number of aromatic amines is 1. The molecule has 2 nitrogen and oxygen atoms in total. The molecule has 18 heavy (non-hydrogen) atoms. The largest absolute Gasteiger partial charge is 0.367 e. The Kier molecular flexibility index (Phi) is 3.78. The van der Waals surface area contributed by atoms with Crippen molar-refractivity contribution in [1.29, 1.82) is 0 Å². The predicted octanol–water partition coefficient (Wildman–Crippen LogP) is 4.44. The summed E-state index contributed by atoms with van der Waals surface area (Å²) >= 11 is 0. The lowest BCUT2D eigenvalue weighted by atomic mass is 9.97. The van der Waals surface area contributed by atoms with E-state index in [1.165, 1.54) is 27.8 Å². The van der Waals surface area contributed by atoms with Crippen molar-refractivity contribution in [2.75, 3.05) is 0 Å². The molecule has 0 saturated carbocycles. The highest BCUT2D eigenvalue weighted by molar-refractivity contribution is 6.14. The van der Waals surface area contributed by atoms with Gasteiger partial charge in [0.05, 0.1) is 0 Å². The minimum atomic E-state index is 1.21. The van der Waals surface area contributed by atoms with Gasteiger partial charge in [0.1, 0.15) is 0 Å². The number of aromatic nitrogens is 1. The van der Waals surface area contributed by atoms with E-state index >= 15 is 0 Å². The Balaban J connectivity index is 0.000000574. The number of aliphatic imine (C=N–C) groups is 1. The summed E-state index contributed by atoms with van der Waals surface area (Å²) < 4.78 is 0. The fourth-order valence-corrected chi connectivity index (χ4v) is 1.92. The molecule has 0 unspecified atom stereocenters. The standard InChI is InChI=1S/C14H12N2.C2H6/c1-10-4-12(11-2-3-15-7-11)6-13(5-10)14-8-16-9-14;1-2/h2-9,15H,1H3;1-2H3. The van der Waals surface area contributed by atoms with Gasteiger partial charge in [-0.2, -0.15) is 0 Å². The molecule has 1 aliphatic rings. The quantitative estimate of drug-likeness (QED) is 0.801. The second-order valence-corrected chi connectivity index (χ2v) is 4.05. The van der Waals surface area contributed by atoms with Crippen molar-refractivity contribution in [3.8, 4) is 11.1 Å².